The van der Waals surface area contributed by atoms with Gasteiger partial charge in [-0.3, -0.25) is 0 Å². The Morgan fingerprint density at radius 3 is 2.82 bits per heavy atom. The standard InChI is InChI=1S/C12H10BrN3S/c1-7-3-4-9(5-10(7)13)16-12-11(6-14)17-8(2)15-12/h3-5,16H,1-2H3. The molecule has 0 aliphatic carbocycles. The molecule has 1 aromatic heterocycles. The van der Waals surface area contributed by atoms with Crippen molar-refractivity contribution in [2.45, 2.75) is 13.8 Å². The van der Waals surface area contributed by atoms with Crippen LogP contribution in [0.2, 0.25) is 0 Å². The van der Waals surface area contributed by atoms with Crippen LogP contribution in [-0.2, 0) is 0 Å². The van der Waals surface area contributed by atoms with E-state index in [0.29, 0.717) is 10.7 Å². The lowest BCUT2D eigenvalue weighted by atomic mass is 10.2. The third-order valence-corrected chi connectivity index (χ3v) is 4.00. The largest absolute Gasteiger partial charge is 0.338 e. The Hall–Kier alpha value is -1.38. The van der Waals surface area contributed by atoms with E-state index in [1.54, 1.807) is 0 Å². The van der Waals surface area contributed by atoms with Crippen molar-refractivity contribution in [3.05, 3.63) is 38.1 Å². The molecule has 0 saturated carbocycles. The van der Waals surface area contributed by atoms with Crippen LogP contribution in [0.25, 0.3) is 0 Å². The van der Waals surface area contributed by atoms with Crippen molar-refractivity contribution >= 4 is 38.8 Å². The monoisotopic (exact) mass is 307 g/mol. The molecule has 2 aromatic rings. The minimum atomic E-state index is 0.610. The first-order chi connectivity index (χ1) is 8.10. The molecule has 0 amide bonds. The summed E-state index contributed by atoms with van der Waals surface area (Å²) in [7, 11) is 0. The van der Waals surface area contributed by atoms with Crippen molar-refractivity contribution in [2.75, 3.05) is 5.32 Å². The first kappa shape index (κ1) is 12.1. The number of benzene rings is 1. The lowest BCUT2D eigenvalue weighted by molar-refractivity contribution is 1.28. The van der Waals surface area contributed by atoms with Crippen LogP contribution >= 0.6 is 27.3 Å². The van der Waals surface area contributed by atoms with Gasteiger partial charge in [-0.05, 0) is 31.5 Å². The Morgan fingerprint density at radius 1 is 1.41 bits per heavy atom. The van der Waals surface area contributed by atoms with Crippen LogP contribution in [0.5, 0.6) is 0 Å². The van der Waals surface area contributed by atoms with Crippen molar-refractivity contribution < 1.29 is 0 Å². The predicted molar refractivity (Wildman–Crippen MR) is 73.7 cm³/mol. The molecule has 0 aliphatic rings. The molecule has 5 heteroatoms. The number of anilines is 2. The highest BCUT2D eigenvalue weighted by molar-refractivity contribution is 9.10. The molecule has 86 valence electrons. The summed E-state index contributed by atoms with van der Waals surface area (Å²) in [5, 5.41) is 13.0. The van der Waals surface area contributed by atoms with E-state index in [1.807, 2.05) is 32.0 Å². The first-order valence-corrected chi connectivity index (χ1v) is 6.62. The average molecular weight is 308 g/mol. The highest BCUT2D eigenvalue weighted by Gasteiger charge is 2.08. The number of hydrogen-bond acceptors (Lipinski definition) is 4. The van der Waals surface area contributed by atoms with E-state index < -0.39 is 0 Å². The fourth-order valence-electron chi connectivity index (χ4n) is 1.39. The Kier molecular flexibility index (Phi) is 3.46. The summed E-state index contributed by atoms with van der Waals surface area (Å²) < 4.78 is 1.04. The molecule has 0 bridgehead atoms. The molecule has 0 saturated heterocycles. The van der Waals surface area contributed by atoms with E-state index in [9.17, 15) is 0 Å². The van der Waals surface area contributed by atoms with Crippen LogP contribution in [0.4, 0.5) is 11.5 Å². The van der Waals surface area contributed by atoms with Crippen LogP contribution < -0.4 is 5.32 Å². The van der Waals surface area contributed by atoms with Crippen LogP contribution in [0.15, 0.2) is 22.7 Å². The first-order valence-electron chi connectivity index (χ1n) is 5.01. The van der Waals surface area contributed by atoms with Gasteiger partial charge in [-0.15, -0.1) is 11.3 Å². The second-order valence-electron chi connectivity index (χ2n) is 3.61. The lowest BCUT2D eigenvalue weighted by Gasteiger charge is -2.05. The Labute approximate surface area is 112 Å². The fraction of sp³-hybridized carbons (Fsp3) is 0.167. The van der Waals surface area contributed by atoms with E-state index in [1.165, 1.54) is 16.9 Å². The molecule has 0 aliphatic heterocycles. The van der Waals surface area contributed by atoms with E-state index in [4.69, 9.17) is 5.26 Å². The second kappa shape index (κ2) is 4.86. The summed E-state index contributed by atoms with van der Waals surface area (Å²) in [6.45, 7) is 3.92. The number of halogens is 1. The van der Waals surface area contributed by atoms with Gasteiger partial charge in [-0.2, -0.15) is 5.26 Å². The maximum Gasteiger partial charge on any atom is 0.159 e. The van der Waals surface area contributed by atoms with Crippen LogP contribution in [0, 0.1) is 25.2 Å². The van der Waals surface area contributed by atoms with Crippen LogP contribution in [-0.4, -0.2) is 4.98 Å². The van der Waals surface area contributed by atoms with Gasteiger partial charge in [0.25, 0.3) is 0 Å². The molecule has 0 atom stereocenters. The number of aromatic nitrogens is 1. The van der Waals surface area contributed by atoms with Crippen molar-refractivity contribution in [1.29, 1.82) is 5.26 Å². The number of nitrogens with zero attached hydrogens (tertiary/aromatic N) is 2. The van der Waals surface area contributed by atoms with Crippen LogP contribution in [0.1, 0.15) is 15.4 Å². The van der Waals surface area contributed by atoms with Crippen molar-refractivity contribution in [2.24, 2.45) is 0 Å². The molecule has 0 unspecified atom stereocenters. The molecule has 1 N–H and O–H groups in total. The van der Waals surface area contributed by atoms with Gasteiger partial charge in [-0.25, -0.2) is 4.98 Å². The zero-order chi connectivity index (χ0) is 12.4. The molecule has 3 nitrogen and oxygen atoms in total. The van der Waals surface area contributed by atoms with E-state index in [2.05, 4.69) is 32.3 Å². The Bertz CT molecular complexity index is 598. The van der Waals surface area contributed by atoms with Gasteiger partial charge in [0.05, 0.1) is 5.01 Å². The zero-order valence-electron chi connectivity index (χ0n) is 9.41. The third kappa shape index (κ3) is 2.65. The number of nitriles is 1. The van der Waals surface area contributed by atoms with E-state index >= 15 is 0 Å². The highest BCUT2D eigenvalue weighted by Crippen LogP contribution is 2.27. The van der Waals surface area contributed by atoms with Gasteiger partial charge in [-0.1, -0.05) is 22.0 Å². The lowest BCUT2D eigenvalue weighted by Crippen LogP contribution is -1.93. The maximum atomic E-state index is 8.98. The summed E-state index contributed by atoms with van der Waals surface area (Å²) in [4.78, 5) is 4.91. The quantitative estimate of drug-likeness (QED) is 0.907. The van der Waals surface area contributed by atoms with Crippen molar-refractivity contribution in [3.63, 3.8) is 0 Å². The number of thiazole rings is 1. The molecule has 1 heterocycles. The number of hydrogen-bond donors (Lipinski definition) is 1. The van der Waals surface area contributed by atoms with Gasteiger partial charge in [0.15, 0.2) is 5.82 Å². The number of nitrogens with one attached hydrogen (secondary N) is 1. The number of rotatable bonds is 2. The summed E-state index contributed by atoms with van der Waals surface area (Å²) in [6.07, 6.45) is 0. The normalized spacial score (nSPS) is 10.0. The highest BCUT2D eigenvalue weighted by atomic mass is 79.9. The minimum Gasteiger partial charge on any atom is -0.338 e. The molecular formula is C12H10BrN3S. The molecular weight excluding hydrogens is 298 g/mol. The topological polar surface area (TPSA) is 48.7 Å². The van der Waals surface area contributed by atoms with E-state index in [-0.39, 0.29) is 0 Å². The molecule has 2 rings (SSSR count). The van der Waals surface area contributed by atoms with Crippen LogP contribution in [0.3, 0.4) is 0 Å². The second-order valence-corrected chi connectivity index (χ2v) is 5.67. The SMILES string of the molecule is Cc1nc(Nc2ccc(C)c(Br)c2)c(C#N)s1. The smallest absolute Gasteiger partial charge is 0.159 e. The van der Waals surface area contributed by atoms with Crippen molar-refractivity contribution in [3.8, 4) is 6.07 Å². The Balaban J connectivity index is 2.31. The third-order valence-electron chi connectivity index (χ3n) is 2.27. The molecule has 0 radical (unpaired) electrons. The van der Waals surface area contributed by atoms with Gasteiger partial charge in [0, 0.05) is 10.2 Å². The average Bonchev–Trinajstić information content (AvgIpc) is 2.64. The molecule has 1 aromatic carbocycles. The van der Waals surface area contributed by atoms with Crippen molar-refractivity contribution in [1.82, 2.24) is 4.98 Å². The molecule has 0 fully saturated rings. The summed E-state index contributed by atoms with van der Waals surface area (Å²) in [5.74, 6) is 0.630. The predicted octanol–water partition coefficient (Wildman–Crippen LogP) is 4.14. The van der Waals surface area contributed by atoms with E-state index in [0.717, 1.165) is 15.2 Å². The summed E-state index contributed by atoms with van der Waals surface area (Å²) >= 11 is 4.87. The number of aryl methyl sites for hydroxylation is 2. The molecule has 0 spiro atoms. The van der Waals surface area contributed by atoms with Gasteiger partial charge in [0.1, 0.15) is 10.9 Å². The van der Waals surface area contributed by atoms with Gasteiger partial charge in [0.2, 0.25) is 0 Å². The van der Waals surface area contributed by atoms with Gasteiger partial charge >= 0.3 is 0 Å². The van der Waals surface area contributed by atoms with Gasteiger partial charge < -0.3 is 5.32 Å². The maximum absolute atomic E-state index is 8.98. The summed E-state index contributed by atoms with van der Waals surface area (Å²) in [6, 6.07) is 8.10. The minimum absolute atomic E-state index is 0.610. The Morgan fingerprint density at radius 2 is 2.18 bits per heavy atom. The fourth-order valence-corrected chi connectivity index (χ4v) is 2.45. The molecule has 17 heavy (non-hydrogen) atoms. The zero-order valence-corrected chi connectivity index (χ0v) is 11.8. The summed E-state index contributed by atoms with van der Waals surface area (Å²) in [5.41, 5.74) is 2.09.